The second kappa shape index (κ2) is 4.21. The number of aliphatic carboxylic acids is 1. The van der Waals surface area contributed by atoms with Crippen molar-refractivity contribution in [3.05, 3.63) is 16.6 Å². The van der Waals surface area contributed by atoms with Gasteiger partial charge in [0.25, 0.3) is 5.91 Å². The number of hydrogen-bond donors (Lipinski definition) is 2. The number of aryl methyl sites for hydroxylation is 1. The second-order valence-electron chi connectivity index (χ2n) is 3.94. The summed E-state index contributed by atoms with van der Waals surface area (Å²) in [6, 6.07) is -0.758. The van der Waals surface area contributed by atoms with Crippen molar-refractivity contribution in [1.82, 2.24) is 9.69 Å². The zero-order chi connectivity index (χ0) is 11.7. The lowest BCUT2D eigenvalue weighted by molar-refractivity contribution is -0.139. The van der Waals surface area contributed by atoms with Crippen molar-refractivity contribution in [2.24, 2.45) is 5.92 Å². The lowest BCUT2D eigenvalue weighted by atomic mass is 10.1. The molecular formula is C10H12N2O3S. The Morgan fingerprint density at radius 3 is 2.75 bits per heavy atom. The van der Waals surface area contributed by atoms with Gasteiger partial charge >= 0.3 is 5.97 Å². The molecule has 0 aliphatic heterocycles. The van der Waals surface area contributed by atoms with E-state index in [1.165, 1.54) is 11.5 Å². The van der Waals surface area contributed by atoms with E-state index >= 15 is 0 Å². The molecule has 6 heteroatoms. The van der Waals surface area contributed by atoms with E-state index in [2.05, 4.69) is 9.69 Å². The fraction of sp³-hybridized carbons (Fsp3) is 0.500. The van der Waals surface area contributed by atoms with E-state index in [0.29, 0.717) is 11.3 Å². The van der Waals surface area contributed by atoms with E-state index in [0.717, 1.165) is 12.8 Å². The molecule has 1 aliphatic rings. The Hall–Kier alpha value is -1.43. The van der Waals surface area contributed by atoms with E-state index < -0.39 is 12.0 Å². The van der Waals surface area contributed by atoms with Crippen molar-refractivity contribution in [2.45, 2.75) is 25.8 Å². The van der Waals surface area contributed by atoms with Gasteiger partial charge in [0.2, 0.25) is 0 Å². The predicted octanol–water partition coefficient (Wildman–Crippen LogP) is 1.04. The summed E-state index contributed by atoms with van der Waals surface area (Å²) in [7, 11) is 0. The highest BCUT2D eigenvalue weighted by atomic mass is 32.1. The summed E-state index contributed by atoms with van der Waals surface area (Å²) >= 11 is 1.20. The molecule has 1 fully saturated rings. The quantitative estimate of drug-likeness (QED) is 0.824. The molecule has 86 valence electrons. The van der Waals surface area contributed by atoms with Gasteiger partial charge < -0.3 is 10.4 Å². The van der Waals surface area contributed by atoms with Crippen LogP contribution in [0, 0.1) is 12.8 Å². The SMILES string of the molecule is Cc1nscc1C(=O)NC(C(=O)O)C1CC1. The summed E-state index contributed by atoms with van der Waals surface area (Å²) < 4.78 is 3.98. The smallest absolute Gasteiger partial charge is 0.326 e. The largest absolute Gasteiger partial charge is 0.480 e. The molecule has 1 aromatic heterocycles. The Kier molecular flexibility index (Phi) is 2.91. The van der Waals surface area contributed by atoms with Crippen LogP contribution in [-0.4, -0.2) is 27.4 Å². The summed E-state index contributed by atoms with van der Waals surface area (Å²) in [6.45, 7) is 1.73. The summed E-state index contributed by atoms with van der Waals surface area (Å²) in [5, 5.41) is 13.2. The number of amides is 1. The van der Waals surface area contributed by atoms with E-state index in [4.69, 9.17) is 5.11 Å². The number of carbonyl (C=O) groups excluding carboxylic acids is 1. The van der Waals surface area contributed by atoms with Crippen molar-refractivity contribution >= 4 is 23.4 Å². The van der Waals surface area contributed by atoms with Crippen molar-refractivity contribution in [1.29, 1.82) is 0 Å². The van der Waals surface area contributed by atoms with Crippen LogP contribution in [0.1, 0.15) is 28.9 Å². The summed E-state index contributed by atoms with van der Waals surface area (Å²) in [4.78, 5) is 22.7. The molecule has 0 saturated heterocycles. The van der Waals surface area contributed by atoms with Crippen LogP contribution in [0.5, 0.6) is 0 Å². The van der Waals surface area contributed by atoms with Crippen LogP contribution in [0.2, 0.25) is 0 Å². The molecule has 1 saturated carbocycles. The number of nitrogens with one attached hydrogen (secondary N) is 1. The molecule has 2 rings (SSSR count). The Balaban J connectivity index is 2.06. The summed E-state index contributed by atoms with van der Waals surface area (Å²) in [6.07, 6.45) is 1.75. The number of carboxylic acid groups (broad SMARTS) is 1. The number of rotatable bonds is 4. The van der Waals surface area contributed by atoms with Gasteiger partial charge in [-0.05, 0) is 37.2 Å². The van der Waals surface area contributed by atoms with Gasteiger partial charge in [0.15, 0.2) is 0 Å². The highest BCUT2D eigenvalue weighted by Gasteiger charge is 2.37. The van der Waals surface area contributed by atoms with E-state index in [1.54, 1.807) is 12.3 Å². The van der Waals surface area contributed by atoms with Crippen molar-refractivity contribution in [3.8, 4) is 0 Å². The molecule has 1 heterocycles. The van der Waals surface area contributed by atoms with Crippen LogP contribution < -0.4 is 5.32 Å². The van der Waals surface area contributed by atoms with Gasteiger partial charge in [-0.3, -0.25) is 4.79 Å². The molecule has 1 atom stereocenters. The predicted molar refractivity (Wildman–Crippen MR) is 58.5 cm³/mol. The zero-order valence-electron chi connectivity index (χ0n) is 8.77. The Bertz CT molecular complexity index is 425. The first-order valence-corrected chi connectivity index (χ1v) is 5.88. The Morgan fingerprint density at radius 2 is 2.31 bits per heavy atom. The minimum Gasteiger partial charge on any atom is -0.480 e. The number of carboxylic acids is 1. The van der Waals surface area contributed by atoms with Crippen molar-refractivity contribution < 1.29 is 14.7 Å². The molecule has 1 aliphatic carbocycles. The molecule has 16 heavy (non-hydrogen) atoms. The molecule has 1 amide bonds. The molecule has 2 N–H and O–H groups in total. The minimum atomic E-state index is -0.961. The molecule has 1 aromatic rings. The average Bonchev–Trinajstić information content (AvgIpc) is 2.96. The first-order chi connectivity index (χ1) is 7.59. The molecule has 0 radical (unpaired) electrons. The van der Waals surface area contributed by atoms with Gasteiger partial charge in [-0.15, -0.1) is 0 Å². The number of aromatic nitrogens is 1. The lowest BCUT2D eigenvalue weighted by Crippen LogP contribution is -2.42. The van der Waals surface area contributed by atoms with Crippen LogP contribution in [0.15, 0.2) is 5.38 Å². The standard InChI is InChI=1S/C10H12N2O3S/c1-5-7(4-16-12-5)9(13)11-8(10(14)15)6-2-3-6/h4,6,8H,2-3H2,1H3,(H,11,13)(H,14,15). The van der Waals surface area contributed by atoms with Gasteiger partial charge in [0, 0.05) is 5.38 Å². The third-order valence-corrected chi connectivity index (χ3v) is 3.36. The summed E-state index contributed by atoms with van der Waals surface area (Å²) in [5.41, 5.74) is 1.11. The van der Waals surface area contributed by atoms with E-state index in [-0.39, 0.29) is 11.8 Å². The van der Waals surface area contributed by atoms with E-state index in [9.17, 15) is 9.59 Å². The average molecular weight is 240 g/mol. The minimum absolute atomic E-state index is 0.0911. The van der Waals surface area contributed by atoms with Gasteiger partial charge in [-0.1, -0.05) is 0 Å². The monoisotopic (exact) mass is 240 g/mol. The maximum absolute atomic E-state index is 11.8. The molecule has 5 nitrogen and oxygen atoms in total. The first kappa shape index (κ1) is 11.1. The zero-order valence-corrected chi connectivity index (χ0v) is 9.58. The highest BCUT2D eigenvalue weighted by molar-refractivity contribution is 7.03. The normalized spacial score (nSPS) is 16.8. The second-order valence-corrected chi connectivity index (χ2v) is 4.57. The highest BCUT2D eigenvalue weighted by Crippen LogP contribution is 2.32. The third kappa shape index (κ3) is 2.21. The Labute approximate surface area is 96.6 Å². The third-order valence-electron chi connectivity index (χ3n) is 2.64. The molecular weight excluding hydrogens is 228 g/mol. The lowest BCUT2D eigenvalue weighted by Gasteiger charge is -2.12. The van der Waals surface area contributed by atoms with Gasteiger partial charge in [0.1, 0.15) is 6.04 Å². The van der Waals surface area contributed by atoms with Crippen LogP contribution in [0.3, 0.4) is 0 Å². The van der Waals surface area contributed by atoms with Crippen LogP contribution in [-0.2, 0) is 4.79 Å². The maximum atomic E-state index is 11.8. The number of hydrogen-bond acceptors (Lipinski definition) is 4. The topological polar surface area (TPSA) is 79.3 Å². The molecule has 0 bridgehead atoms. The first-order valence-electron chi connectivity index (χ1n) is 5.04. The molecule has 0 aromatic carbocycles. The van der Waals surface area contributed by atoms with E-state index in [1.807, 2.05) is 0 Å². The van der Waals surface area contributed by atoms with Crippen molar-refractivity contribution in [3.63, 3.8) is 0 Å². The molecule has 0 spiro atoms. The number of carbonyl (C=O) groups is 2. The summed E-state index contributed by atoms with van der Waals surface area (Å²) in [5.74, 6) is -1.21. The fourth-order valence-corrected chi connectivity index (χ4v) is 2.23. The van der Waals surface area contributed by atoms with Gasteiger partial charge in [-0.25, -0.2) is 4.79 Å². The van der Waals surface area contributed by atoms with Crippen LogP contribution in [0.25, 0.3) is 0 Å². The Morgan fingerprint density at radius 1 is 1.62 bits per heavy atom. The van der Waals surface area contributed by atoms with Gasteiger partial charge in [-0.2, -0.15) is 4.37 Å². The maximum Gasteiger partial charge on any atom is 0.326 e. The fourth-order valence-electron chi connectivity index (χ4n) is 1.54. The number of nitrogens with zero attached hydrogens (tertiary/aromatic N) is 1. The van der Waals surface area contributed by atoms with Gasteiger partial charge in [0.05, 0.1) is 11.3 Å². The van der Waals surface area contributed by atoms with Crippen molar-refractivity contribution in [2.75, 3.05) is 0 Å². The van der Waals surface area contributed by atoms with Crippen LogP contribution >= 0.6 is 11.5 Å². The molecule has 1 unspecified atom stereocenters. The van der Waals surface area contributed by atoms with Crippen LogP contribution in [0.4, 0.5) is 0 Å².